The molecule has 0 aromatic carbocycles. The van der Waals surface area contributed by atoms with Crippen LogP contribution in [0.15, 0.2) is 25.0 Å². The van der Waals surface area contributed by atoms with E-state index in [2.05, 4.69) is 11.1 Å². The average Bonchev–Trinajstić information content (AvgIpc) is 2.49. The molecule has 24 heavy (non-hydrogen) atoms. The predicted molar refractivity (Wildman–Crippen MR) is 87.9 cm³/mol. The Balaban J connectivity index is 0. The summed E-state index contributed by atoms with van der Waals surface area (Å²) in [6, 6.07) is 0. The summed E-state index contributed by atoms with van der Waals surface area (Å²) in [6.07, 6.45) is 16.9. The molecule has 0 saturated heterocycles. The van der Waals surface area contributed by atoms with Gasteiger partial charge in [-0.3, -0.25) is 0 Å². The van der Waals surface area contributed by atoms with Crippen LogP contribution in [0.1, 0.15) is 71.1 Å². The molecule has 0 aromatic rings. The zero-order valence-corrected chi connectivity index (χ0v) is 17.8. The van der Waals surface area contributed by atoms with Crippen LogP contribution in [0, 0.1) is 0 Å². The van der Waals surface area contributed by atoms with Gasteiger partial charge >= 0.3 is 29.6 Å². The maximum Gasteiger partial charge on any atom is 1.00 e. The minimum Gasteiger partial charge on any atom is -0.716 e. The maximum absolute atomic E-state index is 10.1. The molecule has 136 valence electrons. The minimum absolute atomic E-state index is 0. The smallest absolute Gasteiger partial charge is 0.716 e. The third kappa shape index (κ3) is 24.0. The van der Waals surface area contributed by atoms with Crippen molar-refractivity contribution in [2.24, 2.45) is 0 Å². The Morgan fingerprint density at radius 1 is 0.792 bits per heavy atom. The van der Waals surface area contributed by atoms with Crippen molar-refractivity contribution in [3.8, 4) is 0 Å². The zero-order valence-electron chi connectivity index (χ0n) is 14.9. The summed E-state index contributed by atoms with van der Waals surface area (Å²) in [5, 5.41) is 0. The first-order chi connectivity index (χ1) is 11.1. The van der Waals surface area contributed by atoms with Crippen molar-refractivity contribution in [3.05, 3.63) is 25.0 Å². The van der Waals surface area contributed by atoms with Crippen LogP contribution in [0.3, 0.4) is 0 Å². The maximum atomic E-state index is 10.1. The van der Waals surface area contributed by atoms with Crippen LogP contribution < -0.4 is 29.6 Å². The Morgan fingerprint density at radius 2 is 1.29 bits per heavy atom. The van der Waals surface area contributed by atoms with E-state index in [0.29, 0.717) is 12.9 Å². The van der Waals surface area contributed by atoms with Gasteiger partial charge in [0.1, 0.15) is 25.0 Å². The van der Waals surface area contributed by atoms with Crippen molar-refractivity contribution < 1.29 is 56.2 Å². The summed E-state index contributed by atoms with van der Waals surface area (Å²) in [5.74, 6) is 0. The first kappa shape index (κ1) is 26.0. The van der Waals surface area contributed by atoms with Crippen molar-refractivity contribution in [2.75, 3.05) is 6.61 Å². The summed E-state index contributed by atoms with van der Waals surface area (Å²) in [4.78, 5) is 0. The van der Waals surface area contributed by atoms with E-state index >= 15 is 0 Å². The van der Waals surface area contributed by atoms with E-state index in [9.17, 15) is 13.0 Å². The van der Waals surface area contributed by atoms with Gasteiger partial charge in [-0.15, -0.1) is 0 Å². The molecule has 0 atom stereocenters. The third-order valence-corrected chi connectivity index (χ3v) is 3.50. The van der Waals surface area contributed by atoms with Crippen LogP contribution >= 0.6 is 0 Å². The van der Waals surface area contributed by atoms with Crippen LogP contribution in [0.2, 0.25) is 0 Å². The topological polar surface area (TPSA) is 84.9 Å². The largest absolute Gasteiger partial charge is 1.00 e. The molecule has 0 saturated carbocycles. The third-order valence-electron chi connectivity index (χ3n) is 3.15. The molecule has 0 aromatic heterocycles. The van der Waals surface area contributed by atoms with Gasteiger partial charge in [0.2, 0.25) is 0 Å². The molecule has 0 aliphatic heterocycles. The molecule has 0 unspecified atom stereocenters. The normalized spacial score (nSPS) is 11.6. The minimum atomic E-state index is -4.72. The number of hydrogen-bond acceptors (Lipinski definition) is 6. The van der Waals surface area contributed by atoms with Gasteiger partial charge in [0.15, 0.2) is 0 Å². The zero-order chi connectivity index (χ0) is 17.2. The molecule has 0 radical (unpaired) electrons. The number of unbranched alkanes of at least 4 members (excludes halogenated alkanes) is 9. The van der Waals surface area contributed by atoms with E-state index in [1.807, 2.05) is 0 Å². The van der Waals surface area contributed by atoms with E-state index in [1.165, 1.54) is 63.9 Å². The molecule has 0 rings (SSSR count). The van der Waals surface area contributed by atoms with Gasteiger partial charge in [0, 0.05) is 0 Å². The van der Waals surface area contributed by atoms with Gasteiger partial charge in [0.05, 0.1) is 6.61 Å². The van der Waals surface area contributed by atoms with E-state index < -0.39 is 10.4 Å². The molecule has 0 N–H and O–H groups in total. The molecule has 0 heterocycles. The fraction of sp³-hybridized carbons (Fsp3) is 0.750. The monoisotopic (exact) mass is 372 g/mol. The molecular weight excluding hydrogens is 343 g/mol. The standard InChI is InChI=1S/C16H30O6S.Na/c1-2-3-4-5-6-7-8-9-10-11-12-20-13-14-21-15-16-22-23(17,18)19;/h13-16H,2-12H2,1H3,(H,17,18,19);/q;+1/p-1/b14-13+,16-15+;. The first-order valence-corrected chi connectivity index (χ1v) is 9.61. The Labute approximate surface area is 168 Å². The Kier molecular flexibility index (Phi) is 20.7. The van der Waals surface area contributed by atoms with Gasteiger partial charge in [-0.1, -0.05) is 64.7 Å². The van der Waals surface area contributed by atoms with Gasteiger partial charge in [-0.2, -0.15) is 0 Å². The van der Waals surface area contributed by atoms with Gasteiger partial charge in [-0.25, -0.2) is 8.42 Å². The second-order valence-electron chi connectivity index (χ2n) is 5.24. The molecule has 0 fully saturated rings. The molecule has 6 nitrogen and oxygen atoms in total. The van der Waals surface area contributed by atoms with Crippen LogP contribution in [-0.4, -0.2) is 19.6 Å². The van der Waals surface area contributed by atoms with Crippen molar-refractivity contribution in [1.82, 2.24) is 0 Å². The fourth-order valence-electron chi connectivity index (χ4n) is 1.98. The van der Waals surface area contributed by atoms with E-state index in [-0.39, 0.29) is 29.6 Å². The van der Waals surface area contributed by atoms with E-state index in [1.54, 1.807) is 0 Å². The van der Waals surface area contributed by atoms with E-state index in [0.717, 1.165) is 19.1 Å². The number of ether oxygens (including phenoxy) is 2. The predicted octanol–water partition coefficient (Wildman–Crippen LogP) is 1.36. The average molecular weight is 372 g/mol. The van der Waals surface area contributed by atoms with Gasteiger partial charge < -0.3 is 18.2 Å². The van der Waals surface area contributed by atoms with Crippen molar-refractivity contribution >= 4 is 10.4 Å². The SMILES string of the molecule is CCCCCCCCCCCCO/C=C/O/C=C/OS(=O)(=O)[O-].[Na+]. The Bertz CT molecular complexity index is 409. The summed E-state index contributed by atoms with van der Waals surface area (Å²) >= 11 is 0. The van der Waals surface area contributed by atoms with Crippen molar-refractivity contribution in [3.63, 3.8) is 0 Å². The molecule has 0 spiro atoms. The second-order valence-corrected chi connectivity index (χ2v) is 6.25. The Morgan fingerprint density at radius 3 is 1.83 bits per heavy atom. The second kappa shape index (κ2) is 19.1. The van der Waals surface area contributed by atoms with E-state index in [4.69, 9.17) is 9.47 Å². The van der Waals surface area contributed by atoms with Crippen LogP contribution in [0.25, 0.3) is 0 Å². The van der Waals surface area contributed by atoms with Gasteiger partial charge in [0.25, 0.3) is 10.4 Å². The Hall–Kier alpha value is -0.210. The molecule has 0 bridgehead atoms. The van der Waals surface area contributed by atoms with Crippen molar-refractivity contribution in [1.29, 1.82) is 0 Å². The summed E-state index contributed by atoms with van der Waals surface area (Å²) in [7, 11) is -4.72. The summed E-state index contributed by atoms with van der Waals surface area (Å²) < 4.78 is 43.9. The molecule has 0 aliphatic carbocycles. The molecular formula is C16H29NaO6S. The van der Waals surface area contributed by atoms with Crippen molar-refractivity contribution in [2.45, 2.75) is 71.1 Å². The number of rotatable bonds is 16. The van der Waals surface area contributed by atoms with Crippen LogP contribution in [0.4, 0.5) is 0 Å². The fourth-order valence-corrected chi connectivity index (χ4v) is 2.16. The van der Waals surface area contributed by atoms with Crippen LogP contribution in [-0.2, 0) is 24.1 Å². The number of hydrogen-bond donors (Lipinski definition) is 0. The molecule has 0 aliphatic rings. The van der Waals surface area contributed by atoms with Gasteiger partial charge in [-0.05, 0) is 6.42 Å². The molecule has 8 heteroatoms. The van der Waals surface area contributed by atoms with Crippen LogP contribution in [0.5, 0.6) is 0 Å². The quantitative estimate of drug-likeness (QED) is 0.134. The molecule has 0 amide bonds. The summed E-state index contributed by atoms with van der Waals surface area (Å²) in [5.41, 5.74) is 0. The summed E-state index contributed by atoms with van der Waals surface area (Å²) in [6.45, 7) is 2.85. The first-order valence-electron chi connectivity index (χ1n) is 8.27.